The van der Waals surface area contributed by atoms with E-state index in [4.69, 9.17) is 11.6 Å². The molecule has 0 nitrogen and oxygen atoms in total. The lowest BCUT2D eigenvalue weighted by Gasteiger charge is -2.07. The Balaban J connectivity index is 2.27. The predicted molar refractivity (Wildman–Crippen MR) is 52.6 cm³/mol. The molecule has 1 unspecified atom stereocenters. The van der Waals surface area contributed by atoms with E-state index in [-0.39, 0.29) is 0 Å². The molecule has 1 aromatic carbocycles. The van der Waals surface area contributed by atoms with Crippen molar-refractivity contribution in [3.63, 3.8) is 0 Å². The van der Waals surface area contributed by atoms with Gasteiger partial charge in [-0.15, -0.1) is 0 Å². The van der Waals surface area contributed by atoms with Crippen LogP contribution in [0.25, 0.3) is 0 Å². The Morgan fingerprint density at radius 2 is 2.25 bits per heavy atom. The van der Waals surface area contributed by atoms with Gasteiger partial charge >= 0.3 is 0 Å². The normalized spacial score (nSPS) is 21.6. The summed E-state index contributed by atoms with van der Waals surface area (Å²) in [7, 11) is 0. The molecule has 0 radical (unpaired) electrons. The van der Waals surface area contributed by atoms with Crippen molar-refractivity contribution < 1.29 is 0 Å². The number of benzene rings is 1. The number of halogens is 1. The van der Waals surface area contributed by atoms with Gasteiger partial charge in [0, 0.05) is 10.9 Å². The van der Waals surface area contributed by atoms with Gasteiger partial charge in [-0.2, -0.15) is 0 Å². The van der Waals surface area contributed by atoms with Gasteiger partial charge in [-0.3, -0.25) is 0 Å². The summed E-state index contributed by atoms with van der Waals surface area (Å²) in [4.78, 5) is 0. The highest BCUT2D eigenvalue weighted by molar-refractivity contribution is 6.30. The van der Waals surface area contributed by atoms with Crippen LogP contribution in [0.1, 0.15) is 24.3 Å². The summed E-state index contributed by atoms with van der Waals surface area (Å²) < 4.78 is 0. The van der Waals surface area contributed by atoms with Gasteiger partial charge in [0.1, 0.15) is 0 Å². The number of hydrogen-bond donors (Lipinski definition) is 0. The Hall–Kier alpha value is -0.750. The Morgan fingerprint density at radius 1 is 1.33 bits per heavy atom. The molecule has 0 saturated carbocycles. The van der Waals surface area contributed by atoms with E-state index in [1.807, 2.05) is 12.1 Å². The number of hydrogen-bond acceptors (Lipinski definition) is 0. The molecule has 2 rings (SSSR count). The highest BCUT2D eigenvalue weighted by atomic mass is 35.5. The average molecular weight is 179 g/mol. The molecule has 1 heteroatoms. The van der Waals surface area contributed by atoms with Crippen LogP contribution in [-0.2, 0) is 0 Å². The highest BCUT2D eigenvalue weighted by Gasteiger charge is 2.10. The minimum atomic E-state index is 0.601. The third-order valence-electron chi connectivity index (χ3n) is 2.29. The quantitative estimate of drug-likeness (QED) is 0.575. The average Bonchev–Trinajstić information content (AvgIpc) is 2.56. The maximum absolute atomic E-state index is 5.90. The molecule has 1 aromatic rings. The second-order valence-corrected chi connectivity index (χ2v) is 3.60. The van der Waals surface area contributed by atoms with Crippen molar-refractivity contribution in [1.82, 2.24) is 0 Å². The largest absolute Gasteiger partial charge is 0.0879 e. The standard InChI is InChI=1S/C11H11Cl/c12-11-7-3-6-10(8-11)9-4-1-2-5-9/h1,3-4,6-9H,2,5H2. The first kappa shape index (κ1) is 7.88. The molecule has 12 heavy (non-hydrogen) atoms. The molecule has 0 N–H and O–H groups in total. The smallest absolute Gasteiger partial charge is 0.0408 e. The van der Waals surface area contributed by atoms with Crippen LogP contribution in [-0.4, -0.2) is 0 Å². The molecule has 0 saturated heterocycles. The molecule has 0 aliphatic heterocycles. The van der Waals surface area contributed by atoms with Crippen LogP contribution in [0, 0.1) is 0 Å². The maximum Gasteiger partial charge on any atom is 0.0408 e. The predicted octanol–water partition coefficient (Wildman–Crippen LogP) is 3.77. The van der Waals surface area contributed by atoms with Gasteiger partial charge in [0.25, 0.3) is 0 Å². The first-order chi connectivity index (χ1) is 5.86. The molecular formula is C11H11Cl. The van der Waals surface area contributed by atoms with E-state index in [1.54, 1.807) is 0 Å². The molecule has 1 aliphatic carbocycles. The molecule has 0 fully saturated rings. The third-order valence-corrected chi connectivity index (χ3v) is 2.52. The third kappa shape index (κ3) is 1.54. The van der Waals surface area contributed by atoms with Gasteiger partial charge in [-0.1, -0.05) is 35.9 Å². The summed E-state index contributed by atoms with van der Waals surface area (Å²) in [6.07, 6.45) is 6.95. The number of rotatable bonds is 1. The zero-order valence-corrected chi connectivity index (χ0v) is 7.59. The van der Waals surface area contributed by atoms with E-state index in [0.29, 0.717) is 5.92 Å². The summed E-state index contributed by atoms with van der Waals surface area (Å²) in [6.45, 7) is 0. The Bertz CT molecular complexity index is 302. The van der Waals surface area contributed by atoms with Crippen LogP contribution in [0.5, 0.6) is 0 Å². The van der Waals surface area contributed by atoms with Gasteiger partial charge in [-0.25, -0.2) is 0 Å². The zero-order valence-electron chi connectivity index (χ0n) is 6.83. The Morgan fingerprint density at radius 3 is 2.92 bits per heavy atom. The maximum atomic E-state index is 5.90. The van der Waals surface area contributed by atoms with Crippen LogP contribution in [0.15, 0.2) is 36.4 Å². The van der Waals surface area contributed by atoms with Crippen LogP contribution in [0.4, 0.5) is 0 Å². The molecule has 0 bridgehead atoms. The summed E-state index contributed by atoms with van der Waals surface area (Å²) in [6, 6.07) is 8.14. The minimum Gasteiger partial charge on any atom is -0.0879 e. The molecule has 62 valence electrons. The summed E-state index contributed by atoms with van der Waals surface area (Å²) >= 11 is 5.90. The topological polar surface area (TPSA) is 0 Å². The Labute approximate surface area is 77.9 Å². The van der Waals surface area contributed by atoms with E-state index in [0.717, 1.165) is 5.02 Å². The van der Waals surface area contributed by atoms with E-state index in [1.165, 1.54) is 18.4 Å². The lowest BCUT2D eigenvalue weighted by atomic mass is 9.99. The number of allylic oxidation sites excluding steroid dienone is 2. The summed E-state index contributed by atoms with van der Waals surface area (Å²) in [5.74, 6) is 0.601. The Kier molecular flexibility index (Phi) is 2.18. The van der Waals surface area contributed by atoms with Gasteiger partial charge in [0.05, 0.1) is 0 Å². The summed E-state index contributed by atoms with van der Waals surface area (Å²) in [5, 5.41) is 0.841. The van der Waals surface area contributed by atoms with Crippen LogP contribution < -0.4 is 0 Å². The second-order valence-electron chi connectivity index (χ2n) is 3.17. The van der Waals surface area contributed by atoms with Gasteiger partial charge in [-0.05, 0) is 30.5 Å². The molecule has 0 amide bonds. The van der Waals surface area contributed by atoms with Crippen molar-refractivity contribution in [2.24, 2.45) is 0 Å². The van der Waals surface area contributed by atoms with Crippen LogP contribution in [0.2, 0.25) is 5.02 Å². The molecule has 0 heterocycles. The fraction of sp³-hybridized carbons (Fsp3) is 0.273. The van der Waals surface area contributed by atoms with Crippen molar-refractivity contribution in [1.29, 1.82) is 0 Å². The van der Waals surface area contributed by atoms with Crippen molar-refractivity contribution in [2.75, 3.05) is 0 Å². The van der Waals surface area contributed by atoms with Crippen molar-refractivity contribution >= 4 is 11.6 Å². The van der Waals surface area contributed by atoms with Gasteiger partial charge in [0.2, 0.25) is 0 Å². The zero-order chi connectivity index (χ0) is 8.39. The van der Waals surface area contributed by atoms with Crippen molar-refractivity contribution in [3.8, 4) is 0 Å². The molecule has 1 aliphatic rings. The highest BCUT2D eigenvalue weighted by Crippen LogP contribution is 2.29. The SMILES string of the molecule is Clc1cccc(C2C=CCC2)c1. The minimum absolute atomic E-state index is 0.601. The first-order valence-corrected chi connectivity index (χ1v) is 4.66. The van der Waals surface area contributed by atoms with Crippen LogP contribution in [0.3, 0.4) is 0 Å². The van der Waals surface area contributed by atoms with E-state index in [2.05, 4.69) is 24.3 Å². The first-order valence-electron chi connectivity index (χ1n) is 4.28. The second kappa shape index (κ2) is 3.32. The lowest BCUT2D eigenvalue weighted by molar-refractivity contribution is 0.801. The fourth-order valence-corrected chi connectivity index (χ4v) is 1.85. The monoisotopic (exact) mass is 178 g/mol. The van der Waals surface area contributed by atoms with Gasteiger partial charge < -0.3 is 0 Å². The fourth-order valence-electron chi connectivity index (χ4n) is 1.65. The summed E-state index contributed by atoms with van der Waals surface area (Å²) in [5.41, 5.74) is 1.34. The van der Waals surface area contributed by atoms with Gasteiger partial charge in [0.15, 0.2) is 0 Å². The van der Waals surface area contributed by atoms with E-state index >= 15 is 0 Å². The molecular weight excluding hydrogens is 168 g/mol. The van der Waals surface area contributed by atoms with E-state index in [9.17, 15) is 0 Å². The molecule has 0 aromatic heterocycles. The van der Waals surface area contributed by atoms with Crippen LogP contribution >= 0.6 is 11.6 Å². The lowest BCUT2D eigenvalue weighted by Crippen LogP contribution is -1.89. The van der Waals surface area contributed by atoms with E-state index < -0.39 is 0 Å². The molecule has 1 atom stereocenters. The molecule has 0 spiro atoms. The van der Waals surface area contributed by atoms with Crippen molar-refractivity contribution in [2.45, 2.75) is 18.8 Å². The van der Waals surface area contributed by atoms with Crippen molar-refractivity contribution in [3.05, 3.63) is 47.0 Å².